The second-order valence-corrected chi connectivity index (χ2v) is 16.1. The molecule has 2 heterocycles. The minimum absolute atomic E-state index is 0.463. The molecule has 0 unspecified atom stereocenters. The maximum Gasteiger partial charge on any atom is 0.416 e. The van der Waals surface area contributed by atoms with Crippen LogP contribution in [-0.2, 0) is 6.18 Å². The molecular formula is C57H36F3N3. The first kappa shape index (κ1) is 37.8. The van der Waals surface area contributed by atoms with E-state index in [-0.39, 0.29) is 0 Å². The highest BCUT2D eigenvalue weighted by molar-refractivity contribution is 6.13. The van der Waals surface area contributed by atoms with Crippen LogP contribution >= 0.6 is 0 Å². The number of nitrogens with zero attached hydrogens (tertiary/aromatic N) is 3. The highest BCUT2D eigenvalue weighted by Crippen LogP contribution is 2.44. The normalized spacial score (nSPS) is 11.8. The zero-order chi connectivity index (χ0) is 42.8. The zero-order valence-electron chi connectivity index (χ0n) is 34.0. The molecule has 0 fully saturated rings. The first-order chi connectivity index (χ1) is 30.7. The van der Waals surface area contributed by atoms with Crippen molar-refractivity contribution in [3.8, 4) is 62.0 Å². The summed E-state index contributed by atoms with van der Waals surface area (Å²) < 4.78 is 47.4. The predicted molar refractivity (Wildman–Crippen MR) is 251 cm³/mol. The maximum absolute atomic E-state index is 14.3. The van der Waals surface area contributed by atoms with Crippen molar-refractivity contribution in [3.63, 3.8) is 0 Å². The summed E-state index contributed by atoms with van der Waals surface area (Å²) in [5, 5.41) is 14.7. The van der Waals surface area contributed by atoms with Crippen molar-refractivity contribution in [2.45, 2.75) is 13.1 Å². The van der Waals surface area contributed by atoms with Gasteiger partial charge in [0, 0.05) is 32.7 Å². The number of nitriles is 1. The molecular weight excluding hydrogens is 784 g/mol. The Morgan fingerprint density at radius 2 is 0.905 bits per heavy atom. The summed E-state index contributed by atoms with van der Waals surface area (Å²) in [5.74, 6) is 0. The fourth-order valence-electron chi connectivity index (χ4n) is 9.34. The summed E-state index contributed by atoms with van der Waals surface area (Å²) >= 11 is 0. The van der Waals surface area contributed by atoms with Crippen molar-refractivity contribution in [2.24, 2.45) is 0 Å². The van der Waals surface area contributed by atoms with Gasteiger partial charge in [0.1, 0.15) is 0 Å². The number of hydrogen-bond donors (Lipinski definition) is 0. The molecule has 0 N–H and O–H groups in total. The number of halogens is 3. The van der Waals surface area contributed by atoms with Gasteiger partial charge >= 0.3 is 6.18 Å². The minimum atomic E-state index is -4.51. The van der Waals surface area contributed by atoms with E-state index in [9.17, 15) is 18.4 Å². The van der Waals surface area contributed by atoms with Crippen LogP contribution in [0, 0.1) is 18.3 Å². The average Bonchev–Trinajstić information content (AvgIpc) is 3.83. The predicted octanol–water partition coefficient (Wildman–Crippen LogP) is 15.7. The molecule has 300 valence electrons. The molecule has 0 aliphatic heterocycles. The number of aryl methyl sites for hydroxylation is 1. The van der Waals surface area contributed by atoms with Crippen molar-refractivity contribution < 1.29 is 13.2 Å². The van der Waals surface area contributed by atoms with Crippen LogP contribution < -0.4 is 0 Å². The van der Waals surface area contributed by atoms with E-state index in [1.807, 2.05) is 97.1 Å². The number of hydrogen-bond acceptors (Lipinski definition) is 1. The van der Waals surface area contributed by atoms with Crippen LogP contribution in [0.4, 0.5) is 13.2 Å². The Hall–Kier alpha value is -8.14. The molecule has 9 aromatic carbocycles. The third-order valence-electron chi connectivity index (χ3n) is 12.2. The van der Waals surface area contributed by atoms with E-state index in [2.05, 4.69) is 100 Å². The Morgan fingerprint density at radius 3 is 1.48 bits per heavy atom. The SMILES string of the molecule is Cc1cc(-c2ccc(-n3c4ccccc4c4cc(-c5ccccc5)ccc43)c(-c3ccc(C#N)cc3-n3c4ccccc4c4cc(-c5ccccc5)ccc43)c2)cc(C(F)(F)F)c1. The first-order valence-electron chi connectivity index (χ1n) is 20.8. The minimum Gasteiger partial charge on any atom is -0.309 e. The molecule has 0 atom stereocenters. The van der Waals surface area contributed by atoms with Crippen molar-refractivity contribution >= 4 is 43.6 Å². The summed E-state index contributed by atoms with van der Waals surface area (Å²) in [5.41, 5.74) is 12.9. The molecule has 11 aromatic rings. The Kier molecular flexibility index (Phi) is 8.88. The van der Waals surface area contributed by atoms with Gasteiger partial charge < -0.3 is 9.13 Å². The second kappa shape index (κ2) is 14.8. The molecule has 63 heavy (non-hydrogen) atoms. The zero-order valence-corrected chi connectivity index (χ0v) is 34.0. The highest BCUT2D eigenvalue weighted by atomic mass is 19.4. The topological polar surface area (TPSA) is 33.6 Å². The van der Waals surface area contributed by atoms with Crippen molar-refractivity contribution in [1.29, 1.82) is 5.26 Å². The molecule has 0 aliphatic rings. The molecule has 2 aromatic heterocycles. The Balaban J connectivity index is 1.22. The van der Waals surface area contributed by atoms with Crippen LogP contribution in [-0.4, -0.2) is 9.13 Å². The van der Waals surface area contributed by atoms with E-state index >= 15 is 0 Å². The summed E-state index contributed by atoms with van der Waals surface area (Å²) in [6, 6.07) is 68.5. The maximum atomic E-state index is 14.3. The Bertz CT molecular complexity index is 3630. The summed E-state index contributed by atoms with van der Waals surface area (Å²) in [4.78, 5) is 0. The molecule has 0 spiro atoms. The monoisotopic (exact) mass is 819 g/mol. The molecule has 0 radical (unpaired) electrons. The van der Waals surface area contributed by atoms with E-state index in [0.717, 1.165) is 88.4 Å². The lowest BCUT2D eigenvalue weighted by atomic mass is 9.93. The van der Waals surface area contributed by atoms with Crippen LogP contribution in [0.25, 0.3) is 99.5 Å². The van der Waals surface area contributed by atoms with Gasteiger partial charge in [-0.3, -0.25) is 0 Å². The molecule has 3 nitrogen and oxygen atoms in total. The van der Waals surface area contributed by atoms with Crippen LogP contribution in [0.15, 0.2) is 200 Å². The van der Waals surface area contributed by atoms with Gasteiger partial charge in [0.05, 0.1) is 50.6 Å². The molecule has 11 rings (SSSR count). The van der Waals surface area contributed by atoms with Gasteiger partial charge in [-0.1, -0.05) is 127 Å². The summed E-state index contributed by atoms with van der Waals surface area (Å²) in [7, 11) is 0. The van der Waals surface area contributed by atoms with E-state index in [4.69, 9.17) is 0 Å². The van der Waals surface area contributed by atoms with E-state index in [1.165, 1.54) is 12.1 Å². The van der Waals surface area contributed by atoms with E-state index < -0.39 is 11.7 Å². The summed E-state index contributed by atoms with van der Waals surface area (Å²) in [6.07, 6.45) is -4.51. The Labute approximate surface area is 361 Å². The van der Waals surface area contributed by atoms with Gasteiger partial charge in [-0.15, -0.1) is 0 Å². The number of aromatic nitrogens is 2. The third-order valence-corrected chi connectivity index (χ3v) is 12.2. The smallest absolute Gasteiger partial charge is 0.309 e. The van der Waals surface area contributed by atoms with Crippen LogP contribution in [0.1, 0.15) is 16.7 Å². The molecule has 6 heteroatoms. The van der Waals surface area contributed by atoms with Crippen molar-refractivity contribution in [3.05, 3.63) is 217 Å². The number of rotatable bonds is 6. The van der Waals surface area contributed by atoms with Crippen molar-refractivity contribution in [1.82, 2.24) is 9.13 Å². The van der Waals surface area contributed by atoms with E-state index in [0.29, 0.717) is 22.3 Å². The van der Waals surface area contributed by atoms with Gasteiger partial charge in [-0.2, -0.15) is 18.4 Å². The van der Waals surface area contributed by atoms with Crippen LogP contribution in [0.5, 0.6) is 0 Å². The third kappa shape index (κ3) is 6.45. The Morgan fingerprint density at radius 1 is 0.397 bits per heavy atom. The van der Waals surface area contributed by atoms with Gasteiger partial charge in [-0.25, -0.2) is 0 Å². The lowest BCUT2D eigenvalue weighted by Gasteiger charge is -2.20. The van der Waals surface area contributed by atoms with Crippen molar-refractivity contribution in [2.75, 3.05) is 0 Å². The lowest BCUT2D eigenvalue weighted by molar-refractivity contribution is -0.137. The largest absolute Gasteiger partial charge is 0.416 e. The van der Waals surface area contributed by atoms with Crippen LogP contribution in [0.2, 0.25) is 0 Å². The molecule has 0 saturated heterocycles. The molecule has 0 aliphatic carbocycles. The second-order valence-electron chi connectivity index (χ2n) is 16.1. The van der Waals surface area contributed by atoms with Crippen LogP contribution in [0.3, 0.4) is 0 Å². The standard InChI is InChI=1S/C57H36F3N3/c1-36-28-43(31-44(29-36)57(58,59)60)42-23-27-54(62-51-18-10-8-16-45(51)48-32-40(21-25-53(48)62)38-12-4-2-5-13-38)50(34-42)47-24-20-37(35-61)30-56(47)63-52-19-11-9-17-46(52)49-33-41(22-26-55(49)63)39-14-6-3-7-15-39/h2-34H,1H3. The molecule has 0 bridgehead atoms. The average molecular weight is 820 g/mol. The highest BCUT2D eigenvalue weighted by Gasteiger charge is 2.31. The quantitative estimate of drug-likeness (QED) is 0.165. The number of fused-ring (bicyclic) bond motifs is 6. The van der Waals surface area contributed by atoms with Gasteiger partial charge in [0.25, 0.3) is 0 Å². The molecule has 0 saturated carbocycles. The van der Waals surface area contributed by atoms with Gasteiger partial charge in [0.15, 0.2) is 0 Å². The van der Waals surface area contributed by atoms with Gasteiger partial charge in [0.2, 0.25) is 0 Å². The number of benzene rings is 9. The molecule has 0 amide bonds. The number of para-hydroxylation sites is 2. The number of alkyl halides is 3. The fourth-order valence-corrected chi connectivity index (χ4v) is 9.34. The lowest BCUT2D eigenvalue weighted by Crippen LogP contribution is -2.05. The van der Waals surface area contributed by atoms with Gasteiger partial charge in [-0.05, 0) is 119 Å². The van der Waals surface area contributed by atoms with E-state index in [1.54, 1.807) is 13.0 Å². The summed E-state index contributed by atoms with van der Waals surface area (Å²) in [6.45, 7) is 1.69. The fraction of sp³-hybridized carbons (Fsp3) is 0.0351. The first-order valence-corrected chi connectivity index (χ1v) is 20.8.